The molecule has 6 nitrogen and oxygen atoms in total. The number of hydrazone groups is 1. The molecule has 0 aliphatic carbocycles. The predicted octanol–water partition coefficient (Wildman–Crippen LogP) is 6.32. The van der Waals surface area contributed by atoms with E-state index in [0.717, 1.165) is 46.9 Å². The quantitative estimate of drug-likeness (QED) is 0.170. The Kier molecular flexibility index (Phi) is 13.2. The summed E-state index contributed by atoms with van der Waals surface area (Å²) in [5.41, 5.74) is 6.93. The molecule has 4 rings (SSSR count). The molecule has 200 valence electrons. The van der Waals surface area contributed by atoms with E-state index in [2.05, 4.69) is 65.6 Å². The van der Waals surface area contributed by atoms with E-state index in [4.69, 9.17) is 4.74 Å². The molecule has 7 heteroatoms. The number of likely N-dealkylation sites (tertiary alicyclic amines) is 1. The Bertz CT molecular complexity index is 1130. The molecule has 0 spiro atoms. The van der Waals surface area contributed by atoms with E-state index in [1.165, 1.54) is 11.1 Å². The second kappa shape index (κ2) is 16.0. The molecule has 2 unspecified atom stereocenters. The number of aromatic nitrogens is 1. The first kappa shape index (κ1) is 30.3. The maximum absolute atomic E-state index is 10.1. The number of nitrogens with one attached hydrogen (secondary N) is 1. The zero-order chi connectivity index (χ0) is 27.2. The van der Waals surface area contributed by atoms with Crippen LogP contribution in [0.15, 0.2) is 59.7 Å². The Balaban J connectivity index is 0.000000263. The zero-order valence-electron chi connectivity index (χ0n) is 23.3. The number of hydrogen-bond donors (Lipinski definition) is 1. The van der Waals surface area contributed by atoms with Gasteiger partial charge in [0.25, 0.3) is 0 Å². The first-order valence-corrected chi connectivity index (χ1v) is 14.2. The first-order valence-electron chi connectivity index (χ1n) is 13.0. The van der Waals surface area contributed by atoms with E-state index >= 15 is 0 Å². The van der Waals surface area contributed by atoms with Crippen LogP contribution in [0.4, 0.5) is 0 Å². The molecule has 1 amide bonds. The van der Waals surface area contributed by atoms with E-state index in [1.54, 1.807) is 11.8 Å². The number of aryl methyl sites for hydroxylation is 2. The lowest BCUT2D eigenvalue weighted by molar-refractivity contribution is -0.109. The molecule has 0 bridgehead atoms. The lowest BCUT2D eigenvalue weighted by Crippen LogP contribution is -2.21. The number of thioether (sulfide) groups is 1. The number of nitrogens with zero attached hydrogens (tertiary/aromatic N) is 3. The molecule has 1 aliphatic rings. The van der Waals surface area contributed by atoms with Crippen LogP contribution in [0.2, 0.25) is 0 Å². The molecular weight excluding hydrogens is 480 g/mol. The maximum atomic E-state index is 10.1. The number of carbonyl (C=O) groups is 1. The van der Waals surface area contributed by atoms with Crippen LogP contribution in [0.25, 0.3) is 10.9 Å². The highest BCUT2D eigenvalue weighted by atomic mass is 32.2. The summed E-state index contributed by atoms with van der Waals surface area (Å²) in [6, 6.07) is 18.6. The van der Waals surface area contributed by atoms with Crippen LogP contribution in [0.5, 0.6) is 5.75 Å². The number of pyridine rings is 1. The summed E-state index contributed by atoms with van der Waals surface area (Å²) in [7, 11) is 2.11. The normalized spacial score (nSPS) is 17.3. The average Bonchev–Trinajstić information content (AvgIpc) is 3.26. The summed E-state index contributed by atoms with van der Waals surface area (Å²) in [4.78, 5) is 17.0. The van der Waals surface area contributed by atoms with E-state index in [0.29, 0.717) is 24.9 Å². The van der Waals surface area contributed by atoms with Gasteiger partial charge >= 0.3 is 0 Å². The Morgan fingerprint density at radius 1 is 1.19 bits per heavy atom. The summed E-state index contributed by atoms with van der Waals surface area (Å²) in [5, 5.41) is 6.25. The van der Waals surface area contributed by atoms with Gasteiger partial charge < -0.3 is 9.64 Å². The lowest BCUT2D eigenvalue weighted by Gasteiger charge is -2.14. The van der Waals surface area contributed by atoms with Gasteiger partial charge in [0.1, 0.15) is 12.4 Å². The number of hydrogen-bond acceptors (Lipinski definition) is 6. The zero-order valence-corrected chi connectivity index (χ0v) is 24.1. The van der Waals surface area contributed by atoms with Crippen molar-refractivity contribution in [2.45, 2.75) is 47.6 Å². The number of para-hydroxylation sites is 1. The lowest BCUT2D eigenvalue weighted by atomic mass is 10.00. The van der Waals surface area contributed by atoms with E-state index in [9.17, 15) is 4.79 Å². The van der Waals surface area contributed by atoms with Crippen LogP contribution in [0.1, 0.15) is 44.5 Å². The monoisotopic (exact) mass is 522 g/mol. The van der Waals surface area contributed by atoms with Gasteiger partial charge in [-0.1, -0.05) is 58.0 Å². The Hall–Kier alpha value is -2.90. The van der Waals surface area contributed by atoms with Gasteiger partial charge in [-0.25, -0.2) is 5.43 Å². The van der Waals surface area contributed by atoms with Crippen molar-refractivity contribution in [3.05, 3.63) is 71.4 Å². The fourth-order valence-corrected chi connectivity index (χ4v) is 5.15. The fourth-order valence-electron chi connectivity index (χ4n) is 4.40. The van der Waals surface area contributed by atoms with Crippen molar-refractivity contribution >= 4 is 34.1 Å². The number of fused-ring (bicyclic) bond motifs is 1. The molecule has 3 aromatic rings. The van der Waals surface area contributed by atoms with Crippen molar-refractivity contribution in [2.75, 3.05) is 26.4 Å². The number of rotatable bonds is 7. The van der Waals surface area contributed by atoms with Gasteiger partial charge in [0.05, 0.1) is 10.6 Å². The standard InChI is InChI=1S/C19H19NO.C9H17N3OS.C2H6/c1-3-15-8-10-17(11-9-15)21-13-16-12-14(2)20-19-7-5-4-6-18(16)19;1-7-4-12(2)5-8(7)9(14-3)11-10-6-13;1-2/h4-12H,3,13H2,1-2H3;6-8H,4-5H2,1-3H3,(H,10,13);1-2H3/b;11-9-;. The summed E-state index contributed by atoms with van der Waals surface area (Å²) in [6.45, 7) is 13.1. The molecule has 1 saturated heterocycles. The van der Waals surface area contributed by atoms with Crippen LogP contribution in [0.3, 0.4) is 0 Å². The number of benzene rings is 2. The third kappa shape index (κ3) is 9.17. The largest absolute Gasteiger partial charge is 0.489 e. The van der Waals surface area contributed by atoms with Gasteiger partial charge in [-0.2, -0.15) is 5.10 Å². The molecule has 2 aromatic carbocycles. The summed E-state index contributed by atoms with van der Waals surface area (Å²) < 4.78 is 5.93. The first-order chi connectivity index (χ1) is 17.9. The summed E-state index contributed by atoms with van der Waals surface area (Å²) in [6.07, 6.45) is 3.66. The van der Waals surface area contributed by atoms with E-state index in [1.807, 2.05) is 57.4 Å². The van der Waals surface area contributed by atoms with Crippen LogP contribution < -0.4 is 10.2 Å². The minimum absolute atomic E-state index is 0.461. The van der Waals surface area contributed by atoms with Crippen molar-refractivity contribution in [3.8, 4) is 5.75 Å². The van der Waals surface area contributed by atoms with Crippen LogP contribution >= 0.6 is 11.8 Å². The number of carbonyl (C=O) groups excluding carboxylic acids is 1. The minimum Gasteiger partial charge on any atom is -0.489 e. The van der Waals surface area contributed by atoms with Crippen molar-refractivity contribution in [1.82, 2.24) is 15.3 Å². The van der Waals surface area contributed by atoms with Crippen LogP contribution in [-0.4, -0.2) is 47.7 Å². The molecule has 2 heterocycles. The van der Waals surface area contributed by atoms with E-state index in [-0.39, 0.29) is 0 Å². The highest BCUT2D eigenvalue weighted by Crippen LogP contribution is 2.26. The Morgan fingerprint density at radius 3 is 2.49 bits per heavy atom. The topological polar surface area (TPSA) is 66.8 Å². The molecule has 37 heavy (non-hydrogen) atoms. The molecule has 2 atom stereocenters. The van der Waals surface area contributed by atoms with Gasteiger partial charge in [-0.3, -0.25) is 9.78 Å². The van der Waals surface area contributed by atoms with Crippen molar-refractivity contribution in [3.63, 3.8) is 0 Å². The van der Waals surface area contributed by atoms with Gasteiger partial charge in [0.15, 0.2) is 0 Å². The minimum atomic E-state index is 0.461. The second-order valence-corrected chi connectivity index (χ2v) is 9.76. The molecule has 1 N–H and O–H groups in total. The molecule has 1 aromatic heterocycles. The number of ether oxygens (including phenoxy) is 1. The second-order valence-electron chi connectivity index (χ2n) is 8.93. The molecule has 0 saturated carbocycles. The molecule has 1 fully saturated rings. The third-order valence-corrected chi connectivity index (χ3v) is 7.02. The summed E-state index contributed by atoms with van der Waals surface area (Å²) >= 11 is 1.61. The Labute approximate surface area is 226 Å². The van der Waals surface area contributed by atoms with Gasteiger partial charge in [0, 0.05) is 35.7 Å². The van der Waals surface area contributed by atoms with Gasteiger partial charge in [0.2, 0.25) is 6.41 Å². The van der Waals surface area contributed by atoms with Crippen molar-refractivity contribution in [1.29, 1.82) is 0 Å². The third-order valence-electron chi connectivity index (χ3n) is 6.20. The van der Waals surface area contributed by atoms with Crippen LogP contribution in [-0.2, 0) is 17.8 Å². The smallest absolute Gasteiger partial charge is 0.227 e. The molecule has 0 radical (unpaired) electrons. The Morgan fingerprint density at radius 2 is 1.89 bits per heavy atom. The average molecular weight is 523 g/mol. The van der Waals surface area contributed by atoms with Gasteiger partial charge in [-0.15, -0.1) is 11.8 Å². The highest BCUT2D eigenvalue weighted by molar-refractivity contribution is 8.13. The highest BCUT2D eigenvalue weighted by Gasteiger charge is 2.31. The SMILES string of the molecule is CC.CCc1ccc(OCc2cc(C)nc3ccccc23)cc1.CS/C(=N\NC=O)C1CN(C)CC1C. The van der Waals surface area contributed by atoms with E-state index < -0.39 is 0 Å². The predicted molar refractivity (Wildman–Crippen MR) is 158 cm³/mol. The number of amides is 1. The fraction of sp³-hybridized carbons (Fsp3) is 0.433. The van der Waals surface area contributed by atoms with Gasteiger partial charge in [-0.05, 0) is 62.4 Å². The maximum Gasteiger partial charge on any atom is 0.227 e. The summed E-state index contributed by atoms with van der Waals surface area (Å²) in [5.74, 6) is 1.98. The van der Waals surface area contributed by atoms with Crippen molar-refractivity contribution in [2.24, 2.45) is 16.9 Å². The van der Waals surface area contributed by atoms with Crippen LogP contribution in [0, 0.1) is 18.8 Å². The van der Waals surface area contributed by atoms with Crippen molar-refractivity contribution < 1.29 is 9.53 Å². The molecule has 1 aliphatic heterocycles. The molecular formula is C30H42N4O2S.